The van der Waals surface area contributed by atoms with Crippen LogP contribution in [0.4, 0.5) is 0 Å². The number of pyridine rings is 1. The van der Waals surface area contributed by atoms with Crippen molar-refractivity contribution >= 4 is 0 Å². The summed E-state index contributed by atoms with van der Waals surface area (Å²) >= 11 is 0. The first-order chi connectivity index (χ1) is 6.75. The third-order valence-corrected chi connectivity index (χ3v) is 3.17. The number of nitrogens with two attached hydrogens (primary N) is 1. The average Bonchev–Trinajstić information content (AvgIpc) is 2.12. The van der Waals surface area contributed by atoms with E-state index in [1.807, 2.05) is 19.2 Å². The monoisotopic (exact) mass is 190 g/mol. The minimum absolute atomic E-state index is 0.188. The molecule has 2 heteroatoms. The van der Waals surface area contributed by atoms with E-state index in [4.69, 9.17) is 5.73 Å². The highest BCUT2D eigenvalue weighted by atomic mass is 14.7. The fraction of sp³-hybridized carbons (Fsp3) is 0.583. The maximum absolute atomic E-state index is 6.12. The SMILES string of the molecule is Cc1ccc(C(N)CC2CCC2)cn1. The van der Waals surface area contributed by atoms with E-state index in [1.54, 1.807) is 0 Å². The van der Waals surface area contributed by atoms with Crippen LogP contribution in [0.15, 0.2) is 18.3 Å². The number of nitrogens with zero attached hydrogens (tertiary/aromatic N) is 1. The van der Waals surface area contributed by atoms with Gasteiger partial charge in [-0.1, -0.05) is 25.3 Å². The topological polar surface area (TPSA) is 38.9 Å². The lowest BCUT2D eigenvalue weighted by Crippen LogP contribution is -2.20. The molecular weight excluding hydrogens is 172 g/mol. The molecule has 0 radical (unpaired) electrons. The van der Waals surface area contributed by atoms with Gasteiger partial charge in [0, 0.05) is 17.9 Å². The summed E-state index contributed by atoms with van der Waals surface area (Å²) in [6, 6.07) is 4.33. The Balaban J connectivity index is 1.95. The van der Waals surface area contributed by atoms with E-state index in [1.165, 1.54) is 24.8 Å². The number of hydrogen-bond acceptors (Lipinski definition) is 2. The smallest absolute Gasteiger partial charge is 0.0372 e. The summed E-state index contributed by atoms with van der Waals surface area (Å²) in [6.07, 6.45) is 7.17. The molecule has 2 N–H and O–H groups in total. The normalized spacial score (nSPS) is 19.0. The summed E-state index contributed by atoms with van der Waals surface area (Å²) in [5.74, 6) is 0.867. The first-order valence-electron chi connectivity index (χ1n) is 5.44. The van der Waals surface area contributed by atoms with Gasteiger partial charge in [0.2, 0.25) is 0 Å². The van der Waals surface area contributed by atoms with Crippen LogP contribution in [-0.2, 0) is 0 Å². The highest BCUT2D eigenvalue weighted by molar-refractivity contribution is 5.16. The molecular formula is C12H18N2. The Bertz CT molecular complexity index is 288. The van der Waals surface area contributed by atoms with Gasteiger partial charge in [-0.05, 0) is 30.9 Å². The zero-order chi connectivity index (χ0) is 9.97. The molecule has 1 fully saturated rings. The lowest BCUT2D eigenvalue weighted by atomic mass is 9.80. The molecule has 1 aliphatic rings. The molecule has 1 saturated carbocycles. The molecule has 1 aliphatic carbocycles. The van der Waals surface area contributed by atoms with Gasteiger partial charge < -0.3 is 5.73 Å². The van der Waals surface area contributed by atoms with Gasteiger partial charge in [0.25, 0.3) is 0 Å². The second kappa shape index (κ2) is 4.09. The Morgan fingerprint density at radius 3 is 2.79 bits per heavy atom. The Labute approximate surface area is 85.5 Å². The van der Waals surface area contributed by atoms with Crippen molar-refractivity contribution in [1.29, 1.82) is 0 Å². The van der Waals surface area contributed by atoms with Crippen LogP contribution < -0.4 is 5.73 Å². The van der Waals surface area contributed by atoms with Crippen LogP contribution in [0.1, 0.15) is 43.0 Å². The first kappa shape index (κ1) is 9.66. The van der Waals surface area contributed by atoms with E-state index in [-0.39, 0.29) is 6.04 Å². The molecule has 0 amide bonds. The van der Waals surface area contributed by atoms with Crippen LogP contribution in [0.2, 0.25) is 0 Å². The van der Waals surface area contributed by atoms with Crippen molar-refractivity contribution in [3.05, 3.63) is 29.6 Å². The molecule has 1 heterocycles. The van der Waals surface area contributed by atoms with Crippen LogP contribution >= 0.6 is 0 Å². The zero-order valence-corrected chi connectivity index (χ0v) is 8.74. The van der Waals surface area contributed by atoms with Gasteiger partial charge in [-0.3, -0.25) is 4.98 Å². The van der Waals surface area contributed by atoms with E-state index >= 15 is 0 Å². The molecule has 0 spiro atoms. The number of aryl methyl sites for hydroxylation is 1. The van der Waals surface area contributed by atoms with Crippen molar-refractivity contribution in [2.45, 2.75) is 38.6 Å². The number of hydrogen-bond donors (Lipinski definition) is 1. The molecule has 1 unspecified atom stereocenters. The number of rotatable bonds is 3. The molecule has 2 rings (SSSR count). The summed E-state index contributed by atoms with van der Waals surface area (Å²) in [6.45, 7) is 2.00. The third-order valence-electron chi connectivity index (χ3n) is 3.17. The van der Waals surface area contributed by atoms with Crippen molar-refractivity contribution in [2.75, 3.05) is 0 Å². The second-order valence-corrected chi connectivity index (χ2v) is 4.37. The molecule has 2 nitrogen and oxygen atoms in total. The molecule has 0 saturated heterocycles. The second-order valence-electron chi connectivity index (χ2n) is 4.37. The van der Waals surface area contributed by atoms with Crippen molar-refractivity contribution in [1.82, 2.24) is 4.98 Å². The fourth-order valence-corrected chi connectivity index (χ4v) is 1.92. The predicted octanol–water partition coefficient (Wildman–Crippen LogP) is 2.58. The standard InChI is InChI=1S/C12H18N2/c1-9-5-6-11(8-14-9)12(13)7-10-3-2-4-10/h5-6,8,10,12H,2-4,7,13H2,1H3. The van der Waals surface area contributed by atoms with Gasteiger partial charge in [-0.2, -0.15) is 0 Å². The molecule has 14 heavy (non-hydrogen) atoms. The highest BCUT2D eigenvalue weighted by Crippen LogP contribution is 2.33. The Morgan fingerprint density at radius 1 is 1.50 bits per heavy atom. The Hall–Kier alpha value is -0.890. The van der Waals surface area contributed by atoms with E-state index < -0.39 is 0 Å². The molecule has 76 valence electrons. The maximum Gasteiger partial charge on any atom is 0.0372 e. The van der Waals surface area contributed by atoms with Gasteiger partial charge in [-0.25, -0.2) is 0 Å². The van der Waals surface area contributed by atoms with E-state index in [9.17, 15) is 0 Å². The van der Waals surface area contributed by atoms with Crippen LogP contribution in [-0.4, -0.2) is 4.98 Å². The van der Waals surface area contributed by atoms with Gasteiger partial charge in [0.05, 0.1) is 0 Å². The summed E-state index contributed by atoms with van der Waals surface area (Å²) in [5, 5.41) is 0. The lowest BCUT2D eigenvalue weighted by Gasteiger charge is -2.28. The molecule has 1 aromatic rings. The summed E-state index contributed by atoms with van der Waals surface area (Å²) in [5.41, 5.74) is 8.36. The van der Waals surface area contributed by atoms with Crippen LogP contribution in [0, 0.1) is 12.8 Å². The van der Waals surface area contributed by atoms with Gasteiger partial charge >= 0.3 is 0 Å². The summed E-state index contributed by atoms with van der Waals surface area (Å²) < 4.78 is 0. The molecule has 1 aromatic heterocycles. The van der Waals surface area contributed by atoms with Crippen LogP contribution in [0.5, 0.6) is 0 Å². The lowest BCUT2D eigenvalue weighted by molar-refractivity contribution is 0.277. The van der Waals surface area contributed by atoms with Gasteiger partial charge in [0.15, 0.2) is 0 Å². The van der Waals surface area contributed by atoms with Gasteiger partial charge in [-0.15, -0.1) is 0 Å². The van der Waals surface area contributed by atoms with Crippen molar-refractivity contribution in [3.63, 3.8) is 0 Å². The van der Waals surface area contributed by atoms with Crippen LogP contribution in [0.3, 0.4) is 0 Å². The largest absolute Gasteiger partial charge is 0.324 e. The van der Waals surface area contributed by atoms with E-state index in [2.05, 4.69) is 11.1 Å². The number of aromatic nitrogens is 1. The maximum atomic E-state index is 6.12. The van der Waals surface area contributed by atoms with Crippen molar-refractivity contribution in [3.8, 4) is 0 Å². The third kappa shape index (κ3) is 2.13. The van der Waals surface area contributed by atoms with E-state index in [0.717, 1.165) is 18.0 Å². The average molecular weight is 190 g/mol. The fourth-order valence-electron chi connectivity index (χ4n) is 1.92. The zero-order valence-electron chi connectivity index (χ0n) is 8.74. The highest BCUT2D eigenvalue weighted by Gasteiger charge is 2.20. The quantitative estimate of drug-likeness (QED) is 0.795. The molecule has 0 aromatic carbocycles. The molecule has 0 aliphatic heterocycles. The molecule has 1 atom stereocenters. The van der Waals surface area contributed by atoms with Crippen molar-refractivity contribution in [2.24, 2.45) is 11.7 Å². The molecule has 0 bridgehead atoms. The van der Waals surface area contributed by atoms with Crippen molar-refractivity contribution < 1.29 is 0 Å². The van der Waals surface area contributed by atoms with Crippen LogP contribution in [0.25, 0.3) is 0 Å². The summed E-state index contributed by atoms with van der Waals surface area (Å²) in [7, 11) is 0. The predicted molar refractivity (Wildman–Crippen MR) is 57.9 cm³/mol. The summed E-state index contributed by atoms with van der Waals surface area (Å²) in [4.78, 5) is 4.27. The van der Waals surface area contributed by atoms with E-state index in [0.29, 0.717) is 0 Å². The Kier molecular flexibility index (Phi) is 2.82. The Morgan fingerprint density at radius 2 is 2.29 bits per heavy atom. The first-order valence-corrected chi connectivity index (χ1v) is 5.44. The van der Waals surface area contributed by atoms with Gasteiger partial charge in [0.1, 0.15) is 0 Å². The minimum Gasteiger partial charge on any atom is -0.324 e. The minimum atomic E-state index is 0.188.